The molecular weight excluding hydrogens is 442 g/mol. The van der Waals surface area contributed by atoms with E-state index in [-0.39, 0.29) is 10.8 Å². The Balaban J connectivity index is 2.12. The van der Waals surface area contributed by atoms with Gasteiger partial charge in [-0.1, -0.05) is 0 Å². The number of aromatic nitrogens is 3. The highest BCUT2D eigenvalue weighted by atomic mass is 32.1. The summed E-state index contributed by atoms with van der Waals surface area (Å²) in [4.78, 5) is 29.3. The second kappa shape index (κ2) is 7.20. The molecular formula is C17H11F4N7O2S. The van der Waals surface area contributed by atoms with Gasteiger partial charge < -0.3 is 10.6 Å². The molecule has 1 aliphatic rings. The molecule has 1 aliphatic heterocycles. The van der Waals surface area contributed by atoms with E-state index in [0.29, 0.717) is 4.90 Å². The van der Waals surface area contributed by atoms with E-state index in [2.05, 4.69) is 15.2 Å². The molecule has 3 rings (SSSR count). The van der Waals surface area contributed by atoms with Crippen molar-refractivity contribution in [3.05, 3.63) is 41.0 Å². The summed E-state index contributed by atoms with van der Waals surface area (Å²) in [6, 6.07) is 4.49. The first-order chi connectivity index (χ1) is 14.3. The smallest absolute Gasteiger partial charge is 0.366 e. The number of anilines is 2. The average Bonchev–Trinajstić information content (AvgIpc) is 2.84. The molecule has 2 N–H and O–H groups in total. The van der Waals surface area contributed by atoms with Crippen LogP contribution in [-0.4, -0.2) is 37.6 Å². The summed E-state index contributed by atoms with van der Waals surface area (Å²) >= 11 is 5.24. The maximum Gasteiger partial charge on any atom is 0.436 e. The maximum absolute atomic E-state index is 14.3. The summed E-state index contributed by atoms with van der Waals surface area (Å²) < 4.78 is 53.9. The fraction of sp³-hybridized carbons (Fsp3) is 0.235. The van der Waals surface area contributed by atoms with E-state index in [1.54, 1.807) is 0 Å². The van der Waals surface area contributed by atoms with Crippen LogP contribution in [0.4, 0.5) is 29.2 Å². The first-order valence-electron chi connectivity index (χ1n) is 8.30. The minimum Gasteiger partial charge on any atom is -0.366 e. The lowest BCUT2D eigenvalue weighted by Crippen LogP contribution is -2.44. The molecule has 2 heterocycles. The SMILES string of the molecule is CC1(C)C(=O)N(c2nnc(C#N)c(C(F)(F)F)n2)C(=S)N1c1ccc(C(N)=O)c(F)c1. The zero-order chi connectivity index (χ0) is 23.3. The zero-order valence-corrected chi connectivity index (χ0v) is 16.5. The number of carbonyl (C=O) groups excluding carboxylic acids is 2. The minimum absolute atomic E-state index is 0.0333. The van der Waals surface area contributed by atoms with E-state index in [1.165, 1.54) is 26.0 Å². The molecule has 14 heteroatoms. The lowest BCUT2D eigenvalue weighted by atomic mass is 10.0. The van der Waals surface area contributed by atoms with Gasteiger partial charge in [0.05, 0.1) is 5.56 Å². The third-order valence-corrected chi connectivity index (χ3v) is 4.76. The number of primary amides is 1. The van der Waals surface area contributed by atoms with Gasteiger partial charge in [0.1, 0.15) is 17.4 Å². The van der Waals surface area contributed by atoms with Crippen LogP contribution in [0.15, 0.2) is 18.2 Å². The molecule has 1 saturated heterocycles. The predicted octanol–water partition coefficient (Wildman–Crippen LogP) is 1.92. The van der Waals surface area contributed by atoms with E-state index in [4.69, 9.17) is 23.2 Å². The molecule has 0 bridgehead atoms. The fourth-order valence-electron chi connectivity index (χ4n) is 2.93. The Morgan fingerprint density at radius 3 is 2.45 bits per heavy atom. The van der Waals surface area contributed by atoms with E-state index in [9.17, 15) is 27.2 Å². The standard InChI is InChI=1S/C17H11F4N7O2S/c1-16(2)13(30)27(14-24-11(17(19,20)21)10(6-22)25-26-14)15(31)28(16)7-3-4-8(12(23)29)9(18)5-7/h3-5H,1-2H3,(H2,23,29). The maximum atomic E-state index is 14.3. The number of rotatable bonds is 3. The van der Waals surface area contributed by atoms with Crippen LogP contribution < -0.4 is 15.5 Å². The summed E-state index contributed by atoms with van der Waals surface area (Å²) in [5.41, 5.74) is 0.504. The molecule has 0 saturated carbocycles. The molecule has 0 aliphatic carbocycles. The normalized spacial score (nSPS) is 15.9. The van der Waals surface area contributed by atoms with Gasteiger partial charge in [-0.25, -0.2) is 14.3 Å². The topological polar surface area (TPSA) is 129 Å². The summed E-state index contributed by atoms with van der Waals surface area (Å²) in [5.74, 6) is -3.62. The average molecular weight is 453 g/mol. The summed E-state index contributed by atoms with van der Waals surface area (Å²) in [7, 11) is 0. The van der Waals surface area contributed by atoms with E-state index in [0.717, 1.165) is 17.0 Å². The lowest BCUT2D eigenvalue weighted by Gasteiger charge is -2.29. The van der Waals surface area contributed by atoms with Crippen molar-refractivity contribution in [2.75, 3.05) is 9.80 Å². The first kappa shape index (κ1) is 22.0. The van der Waals surface area contributed by atoms with Gasteiger partial charge >= 0.3 is 6.18 Å². The number of thiocarbonyl (C=S) groups is 1. The van der Waals surface area contributed by atoms with Crippen LogP contribution in [0.3, 0.4) is 0 Å². The highest BCUT2D eigenvalue weighted by Gasteiger charge is 2.52. The van der Waals surface area contributed by atoms with Crippen molar-refractivity contribution in [1.82, 2.24) is 15.2 Å². The number of carbonyl (C=O) groups is 2. The number of hydrogen-bond acceptors (Lipinski definition) is 7. The van der Waals surface area contributed by atoms with Crippen LogP contribution in [0.2, 0.25) is 0 Å². The molecule has 0 radical (unpaired) electrons. The van der Waals surface area contributed by atoms with Gasteiger partial charge in [0.2, 0.25) is 0 Å². The summed E-state index contributed by atoms with van der Waals surface area (Å²) in [5, 5.41) is 15.1. The van der Waals surface area contributed by atoms with Crippen LogP contribution in [0.25, 0.3) is 0 Å². The second-order valence-electron chi connectivity index (χ2n) is 6.76. The molecule has 1 fully saturated rings. The molecule has 160 valence electrons. The molecule has 1 aromatic carbocycles. The van der Waals surface area contributed by atoms with E-state index < -0.39 is 52.2 Å². The van der Waals surface area contributed by atoms with Crippen molar-refractivity contribution < 1.29 is 27.2 Å². The van der Waals surface area contributed by atoms with Crippen molar-refractivity contribution in [2.24, 2.45) is 5.73 Å². The van der Waals surface area contributed by atoms with Gasteiger partial charge in [0.15, 0.2) is 16.5 Å². The quantitative estimate of drug-likeness (QED) is 0.551. The molecule has 31 heavy (non-hydrogen) atoms. The van der Waals surface area contributed by atoms with Crippen LogP contribution >= 0.6 is 12.2 Å². The molecule has 9 nitrogen and oxygen atoms in total. The number of nitrogens with zero attached hydrogens (tertiary/aromatic N) is 6. The Morgan fingerprint density at radius 1 is 1.29 bits per heavy atom. The Morgan fingerprint density at radius 2 is 1.94 bits per heavy atom. The number of nitrogens with two attached hydrogens (primary N) is 1. The highest BCUT2D eigenvalue weighted by molar-refractivity contribution is 7.81. The van der Waals surface area contributed by atoms with Crippen LogP contribution in [-0.2, 0) is 11.0 Å². The third kappa shape index (κ3) is 3.52. The van der Waals surface area contributed by atoms with Crippen molar-refractivity contribution in [3.63, 3.8) is 0 Å². The number of halogens is 4. The number of alkyl halides is 3. The van der Waals surface area contributed by atoms with Crippen molar-refractivity contribution in [1.29, 1.82) is 5.26 Å². The van der Waals surface area contributed by atoms with Crippen LogP contribution in [0, 0.1) is 17.1 Å². The monoisotopic (exact) mass is 453 g/mol. The molecule has 2 amide bonds. The lowest BCUT2D eigenvalue weighted by molar-refractivity contribution is -0.141. The Bertz CT molecular complexity index is 1180. The fourth-order valence-corrected chi connectivity index (χ4v) is 3.43. The van der Waals surface area contributed by atoms with Gasteiger partial charge in [-0.15, -0.1) is 10.2 Å². The second-order valence-corrected chi connectivity index (χ2v) is 7.13. The first-order valence-corrected chi connectivity index (χ1v) is 8.71. The van der Waals surface area contributed by atoms with E-state index in [1.807, 2.05) is 0 Å². The zero-order valence-electron chi connectivity index (χ0n) is 15.7. The van der Waals surface area contributed by atoms with Gasteiger partial charge in [-0.3, -0.25) is 9.59 Å². The van der Waals surface area contributed by atoms with Gasteiger partial charge in [-0.05, 0) is 44.3 Å². The molecule has 0 atom stereocenters. The molecule has 1 aromatic heterocycles. The number of benzene rings is 1. The summed E-state index contributed by atoms with van der Waals surface area (Å²) in [6.45, 7) is 2.78. The van der Waals surface area contributed by atoms with Gasteiger partial charge in [-0.2, -0.15) is 18.4 Å². The van der Waals surface area contributed by atoms with Gasteiger partial charge in [0, 0.05) is 5.69 Å². The molecule has 2 aromatic rings. The third-order valence-electron chi connectivity index (χ3n) is 4.39. The Hall–Kier alpha value is -3.73. The van der Waals surface area contributed by atoms with Crippen LogP contribution in [0.1, 0.15) is 35.6 Å². The number of hydrogen-bond donors (Lipinski definition) is 1. The molecule has 0 spiro atoms. The Labute approximate surface area is 177 Å². The number of nitriles is 1. The van der Waals surface area contributed by atoms with Crippen molar-refractivity contribution in [3.8, 4) is 6.07 Å². The van der Waals surface area contributed by atoms with Gasteiger partial charge in [0.25, 0.3) is 17.8 Å². The minimum atomic E-state index is -5.04. The molecule has 0 unspecified atom stereocenters. The highest BCUT2D eigenvalue weighted by Crippen LogP contribution is 2.37. The van der Waals surface area contributed by atoms with Crippen molar-refractivity contribution >= 4 is 40.8 Å². The predicted molar refractivity (Wildman–Crippen MR) is 101 cm³/mol. The summed E-state index contributed by atoms with van der Waals surface area (Å²) in [6.07, 6.45) is -5.04. The van der Waals surface area contributed by atoms with Crippen molar-refractivity contribution in [2.45, 2.75) is 25.6 Å². The number of amides is 2. The Kier molecular flexibility index (Phi) is 5.10. The van der Waals surface area contributed by atoms with Crippen LogP contribution in [0.5, 0.6) is 0 Å². The van der Waals surface area contributed by atoms with E-state index >= 15 is 0 Å². The largest absolute Gasteiger partial charge is 0.436 e.